The van der Waals surface area contributed by atoms with Crippen LogP contribution in [0.4, 0.5) is 0 Å². The van der Waals surface area contributed by atoms with Gasteiger partial charge in [0, 0.05) is 11.1 Å². The van der Waals surface area contributed by atoms with Gasteiger partial charge in [0.05, 0.1) is 7.11 Å². The molecule has 0 saturated heterocycles. The number of fused-ring (bicyclic) bond motifs is 1. The molecule has 1 aliphatic rings. The summed E-state index contributed by atoms with van der Waals surface area (Å²) in [4.78, 5) is 34.5. The minimum Gasteiger partial charge on any atom is -0.497 e. The van der Waals surface area contributed by atoms with E-state index in [4.69, 9.17) is 9.47 Å². The molecule has 24 heavy (non-hydrogen) atoms. The number of Topliss-reactive ketones (excluding diaryl/α,β-unsaturated/α-hetero) is 2. The van der Waals surface area contributed by atoms with Crippen LogP contribution in [-0.4, -0.2) is 31.3 Å². The Morgan fingerprint density at radius 1 is 0.958 bits per heavy atom. The molecule has 3 rings (SSSR count). The monoisotopic (exact) mass is 326 g/mol. The van der Waals surface area contributed by atoms with E-state index in [0.29, 0.717) is 12.4 Å². The summed E-state index contributed by atoms with van der Waals surface area (Å²) >= 11 is 0. The lowest BCUT2D eigenvalue weighted by Gasteiger charge is -2.08. The van der Waals surface area contributed by atoms with E-state index in [0.717, 1.165) is 11.3 Å². The van der Waals surface area contributed by atoms with Crippen molar-refractivity contribution < 1.29 is 28.6 Å². The Labute approximate surface area is 137 Å². The normalized spacial score (nSPS) is 15.8. The largest absolute Gasteiger partial charge is 0.497 e. The highest BCUT2D eigenvalue weighted by atomic mass is 16.5. The van der Waals surface area contributed by atoms with Crippen molar-refractivity contribution >= 4 is 18.0 Å². The smallest absolute Gasteiger partial charge is 0.294 e. The zero-order chi connectivity index (χ0) is 17.1. The molecular formula is C18H14O6. The number of hydrogen-bond acceptors (Lipinski definition) is 6. The zero-order valence-corrected chi connectivity index (χ0v) is 12.9. The summed E-state index contributed by atoms with van der Waals surface area (Å²) < 4.78 is 15.3. The van der Waals surface area contributed by atoms with Gasteiger partial charge in [-0.1, -0.05) is 12.1 Å². The third-order valence-electron chi connectivity index (χ3n) is 3.75. The van der Waals surface area contributed by atoms with Crippen molar-refractivity contribution in [1.82, 2.24) is 0 Å². The Kier molecular flexibility index (Phi) is 4.29. The molecule has 2 aromatic rings. The van der Waals surface area contributed by atoms with Crippen LogP contribution in [0.25, 0.3) is 0 Å². The number of rotatable bonds is 6. The van der Waals surface area contributed by atoms with E-state index < -0.39 is 17.7 Å². The average Bonchev–Trinajstić information content (AvgIpc) is 2.85. The van der Waals surface area contributed by atoms with Gasteiger partial charge in [-0.15, -0.1) is 0 Å². The van der Waals surface area contributed by atoms with E-state index >= 15 is 0 Å². The maximum Gasteiger partial charge on any atom is 0.294 e. The van der Waals surface area contributed by atoms with Crippen molar-refractivity contribution in [2.45, 2.75) is 12.7 Å². The molecule has 0 aromatic heterocycles. The van der Waals surface area contributed by atoms with Crippen molar-refractivity contribution in [3.05, 3.63) is 59.2 Å². The van der Waals surface area contributed by atoms with Crippen LogP contribution in [0.2, 0.25) is 0 Å². The summed E-state index contributed by atoms with van der Waals surface area (Å²) in [6, 6.07) is 12.0. The van der Waals surface area contributed by atoms with Gasteiger partial charge in [-0.3, -0.25) is 14.4 Å². The minimum absolute atomic E-state index is 0.105. The number of methoxy groups -OCH3 is 1. The van der Waals surface area contributed by atoms with Crippen molar-refractivity contribution in [1.29, 1.82) is 0 Å². The fourth-order valence-electron chi connectivity index (χ4n) is 2.50. The Morgan fingerprint density at radius 2 is 1.62 bits per heavy atom. The molecule has 1 unspecified atom stereocenters. The van der Waals surface area contributed by atoms with Crippen LogP contribution in [0.5, 0.6) is 11.5 Å². The third-order valence-corrected chi connectivity index (χ3v) is 3.75. The lowest BCUT2D eigenvalue weighted by Crippen LogP contribution is -2.25. The van der Waals surface area contributed by atoms with Gasteiger partial charge in [-0.2, -0.15) is 0 Å². The SMILES string of the molecule is COc1ccc(COc2ccc3c(c2)C(=O)C(OC=O)C3=O)cc1. The van der Waals surface area contributed by atoms with Gasteiger partial charge in [-0.25, -0.2) is 0 Å². The molecule has 2 aromatic carbocycles. The lowest BCUT2D eigenvalue weighted by molar-refractivity contribution is -0.130. The number of carbonyl (C=O) groups excluding carboxylic acids is 3. The van der Waals surface area contributed by atoms with Crippen LogP contribution in [0.1, 0.15) is 26.3 Å². The van der Waals surface area contributed by atoms with Gasteiger partial charge in [0.25, 0.3) is 6.47 Å². The van der Waals surface area contributed by atoms with Crippen LogP contribution in [0.15, 0.2) is 42.5 Å². The summed E-state index contributed by atoms with van der Waals surface area (Å²) in [6.07, 6.45) is -1.38. The van der Waals surface area contributed by atoms with E-state index in [9.17, 15) is 14.4 Å². The molecule has 122 valence electrons. The van der Waals surface area contributed by atoms with E-state index in [1.54, 1.807) is 13.2 Å². The van der Waals surface area contributed by atoms with Gasteiger partial charge >= 0.3 is 0 Å². The van der Waals surface area contributed by atoms with E-state index in [-0.39, 0.29) is 17.6 Å². The fourth-order valence-corrected chi connectivity index (χ4v) is 2.50. The standard InChI is InChI=1S/C18H14O6/c1-22-12-4-2-11(3-5-12)9-23-13-6-7-14-15(8-13)17(21)18(16(14)20)24-10-19/h2-8,10,18H,9H2,1H3. The van der Waals surface area contributed by atoms with Crippen molar-refractivity contribution in [3.63, 3.8) is 0 Å². The summed E-state index contributed by atoms with van der Waals surface area (Å²) in [5.41, 5.74) is 1.38. The van der Waals surface area contributed by atoms with Crippen LogP contribution in [0, 0.1) is 0 Å². The van der Waals surface area contributed by atoms with Crippen LogP contribution in [0.3, 0.4) is 0 Å². The Morgan fingerprint density at radius 3 is 2.29 bits per heavy atom. The quantitative estimate of drug-likeness (QED) is 0.598. The number of ether oxygens (including phenoxy) is 3. The highest BCUT2D eigenvalue weighted by Gasteiger charge is 2.40. The molecule has 1 atom stereocenters. The van der Waals surface area contributed by atoms with Crippen molar-refractivity contribution in [2.75, 3.05) is 7.11 Å². The molecule has 0 saturated carbocycles. The number of carbonyl (C=O) groups is 3. The second-order valence-corrected chi connectivity index (χ2v) is 5.18. The van der Waals surface area contributed by atoms with Gasteiger partial charge in [0.15, 0.2) is 0 Å². The number of ketones is 2. The van der Waals surface area contributed by atoms with E-state index in [1.165, 1.54) is 12.1 Å². The predicted molar refractivity (Wildman–Crippen MR) is 83.4 cm³/mol. The average molecular weight is 326 g/mol. The summed E-state index contributed by atoms with van der Waals surface area (Å²) in [6.45, 7) is 0.409. The summed E-state index contributed by atoms with van der Waals surface area (Å²) in [7, 11) is 1.59. The molecule has 6 heteroatoms. The molecule has 0 fully saturated rings. The maximum absolute atomic E-state index is 12.1. The molecule has 0 spiro atoms. The molecule has 6 nitrogen and oxygen atoms in total. The fraction of sp³-hybridized carbons (Fsp3) is 0.167. The summed E-state index contributed by atoms with van der Waals surface area (Å²) in [5.74, 6) is 0.167. The molecule has 0 bridgehead atoms. The van der Waals surface area contributed by atoms with Crippen LogP contribution >= 0.6 is 0 Å². The zero-order valence-electron chi connectivity index (χ0n) is 12.9. The van der Waals surface area contributed by atoms with Crippen molar-refractivity contribution in [3.8, 4) is 11.5 Å². The van der Waals surface area contributed by atoms with Gasteiger partial charge < -0.3 is 14.2 Å². The van der Waals surface area contributed by atoms with E-state index in [2.05, 4.69) is 4.74 Å². The third kappa shape index (κ3) is 2.86. The number of hydrogen-bond donors (Lipinski definition) is 0. The Bertz CT molecular complexity index is 794. The summed E-state index contributed by atoms with van der Waals surface area (Å²) in [5, 5.41) is 0. The molecule has 0 amide bonds. The highest BCUT2D eigenvalue weighted by Crippen LogP contribution is 2.28. The Balaban J connectivity index is 1.74. The predicted octanol–water partition coefficient (Wildman–Crippen LogP) is 2.19. The minimum atomic E-state index is -1.38. The van der Waals surface area contributed by atoms with Gasteiger partial charge in [0.2, 0.25) is 17.7 Å². The number of benzene rings is 2. The van der Waals surface area contributed by atoms with Crippen LogP contribution in [-0.2, 0) is 16.1 Å². The first kappa shape index (κ1) is 15.7. The topological polar surface area (TPSA) is 78.9 Å². The molecule has 0 radical (unpaired) electrons. The van der Waals surface area contributed by atoms with Crippen molar-refractivity contribution in [2.24, 2.45) is 0 Å². The second-order valence-electron chi connectivity index (χ2n) is 5.18. The highest BCUT2D eigenvalue weighted by molar-refractivity contribution is 6.29. The van der Waals surface area contributed by atoms with Gasteiger partial charge in [0.1, 0.15) is 18.1 Å². The maximum atomic E-state index is 12.1. The van der Waals surface area contributed by atoms with Crippen LogP contribution < -0.4 is 9.47 Å². The van der Waals surface area contributed by atoms with E-state index in [1.807, 2.05) is 24.3 Å². The molecule has 0 heterocycles. The van der Waals surface area contributed by atoms with Gasteiger partial charge in [-0.05, 0) is 35.9 Å². The lowest BCUT2D eigenvalue weighted by atomic mass is 10.1. The first-order valence-electron chi connectivity index (χ1n) is 7.21. The first-order chi connectivity index (χ1) is 11.6. The molecule has 1 aliphatic carbocycles. The Hall–Kier alpha value is -3.15. The molecule has 0 aliphatic heterocycles. The molecule has 0 N–H and O–H groups in total. The first-order valence-corrected chi connectivity index (χ1v) is 7.21. The molecular weight excluding hydrogens is 312 g/mol. The second kappa shape index (κ2) is 6.54.